The molecule has 2 aromatic rings. The van der Waals surface area contributed by atoms with E-state index in [1.54, 1.807) is 7.05 Å². The monoisotopic (exact) mass is 443 g/mol. The van der Waals surface area contributed by atoms with Gasteiger partial charge in [-0.1, -0.05) is 12.1 Å². The number of para-hydroxylation sites is 2. The van der Waals surface area contributed by atoms with Crippen molar-refractivity contribution in [2.24, 2.45) is 4.99 Å². The van der Waals surface area contributed by atoms with Crippen LogP contribution in [0.25, 0.3) is 11.0 Å². The molecule has 6 nitrogen and oxygen atoms in total. The fourth-order valence-corrected chi connectivity index (χ4v) is 3.00. The van der Waals surface area contributed by atoms with Gasteiger partial charge in [0, 0.05) is 33.3 Å². The van der Waals surface area contributed by atoms with Gasteiger partial charge in [0.15, 0.2) is 5.96 Å². The number of aliphatic imine (C=N–C) groups is 1. The summed E-state index contributed by atoms with van der Waals surface area (Å²) in [5.74, 6) is 1.86. The summed E-state index contributed by atoms with van der Waals surface area (Å²) in [5.41, 5.74) is 2.22. The molecule has 7 heteroatoms. The number of hydrogen-bond donors (Lipinski definition) is 2. The van der Waals surface area contributed by atoms with Gasteiger partial charge >= 0.3 is 0 Å². The first-order chi connectivity index (χ1) is 11.3. The van der Waals surface area contributed by atoms with Gasteiger partial charge in [0.1, 0.15) is 5.82 Å². The molecule has 1 saturated heterocycles. The Labute approximate surface area is 160 Å². The molecule has 1 unspecified atom stereocenters. The summed E-state index contributed by atoms with van der Waals surface area (Å²) in [7, 11) is 1.79. The van der Waals surface area contributed by atoms with Gasteiger partial charge in [0.2, 0.25) is 0 Å². The number of ether oxygens (including phenoxy) is 1. The van der Waals surface area contributed by atoms with E-state index in [-0.39, 0.29) is 24.0 Å². The van der Waals surface area contributed by atoms with Crippen molar-refractivity contribution in [3.8, 4) is 0 Å². The second-order valence-electron chi connectivity index (χ2n) is 5.81. The first-order valence-corrected chi connectivity index (χ1v) is 8.26. The number of benzene rings is 1. The van der Waals surface area contributed by atoms with Crippen LogP contribution in [0, 0.1) is 6.92 Å². The molecular weight excluding hydrogens is 417 g/mol. The fraction of sp³-hybridized carbons (Fsp3) is 0.529. The van der Waals surface area contributed by atoms with Crippen LogP contribution in [-0.4, -0.2) is 48.4 Å². The highest BCUT2D eigenvalue weighted by Gasteiger charge is 2.15. The number of halogens is 1. The van der Waals surface area contributed by atoms with Crippen LogP contribution in [0.1, 0.15) is 18.7 Å². The number of nitrogens with zero attached hydrogens (tertiary/aromatic N) is 3. The van der Waals surface area contributed by atoms with E-state index in [1.165, 1.54) is 5.52 Å². The highest BCUT2D eigenvalue weighted by Crippen LogP contribution is 2.14. The van der Waals surface area contributed by atoms with Crippen LogP contribution in [0.2, 0.25) is 0 Å². The maximum Gasteiger partial charge on any atom is 0.191 e. The Balaban J connectivity index is 0.00000208. The fourth-order valence-electron chi connectivity index (χ4n) is 3.00. The number of rotatable bonds is 5. The summed E-state index contributed by atoms with van der Waals surface area (Å²) in [4.78, 5) is 8.86. The first kappa shape index (κ1) is 19.0. The molecule has 1 aromatic carbocycles. The predicted octanol–water partition coefficient (Wildman–Crippen LogP) is 2.31. The molecular formula is C17H26IN5O. The Hall–Kier alpha value is -1.35. The average molecular weight is 443 g/mol. The lowest BCUT2D eigenvalue weighted by atomic mass is 10.2. The van der Waals surface area contributed by atoms with Gasteiger partial charge in [-0.3, -0.25) is 4.99 Å². The third kappa shape index (κ3) is 4.60. The molecule has 3 rings (SSSR count). The standard InChI is InChI=1S/C17H25N5O.HI/c1-13-21-15-7-3-4-8-16(15)22(13)10-9-19-17(18-2)20-12-14-6-5-11-23-14;/h3-4,7-8,14H,5-6,9-12H2,1-2H3,(H2,18,19,20);1H. The number of aromatic nitrogens is 2. The molecule has 1 fully saturated rings. The van der Waals surface area contributed by atoms with Crippen molar-refractivity contribution in [1.82, 2.24) is 20.2 Å². The van der Waals surface area contributed by atoms with Gasteiger partial charge < -0.3 is 19.9 Å². The SMILES string of the molecule is CN=C(NCCn1c(C)nc2ccccc21)NCC1CCCO1.I. The molecule has 1 aliphatic rings. The topological polar surface area (TPSA) is 63.5 Å². The minimum absolute atomic E-state index is 0. The Morgan fingerprint density at radius 1 is 1.38 bits per heavy atom. The van der Waals surface area contributed by atoms with Crippen LogP contribution in [0.15, 0.2) is 29.3 Å². The minimum atomic E-state index is 0. The number of imidazole rings is 1. The molecule has 1 aromatic heterocycles. The molecule has 0 saturated carbocycles. The molecule has 0 radical (unpaired) electrons. The number of fused-ring (bicyclic) bond motifs is 1. The van der Waals surface area contributed by atoms with Crippen LogP contribution in [0.5, 0.6) is 0 Å². The molecule has 1 aliphatic heterocycles. The van der Waals surface area contributed by atoms with Crippen LogP contribution >= 0.6 is 24.0 Å². The molecule has 0 aliphatic carbocycles. The Bertz CT molecular complexity index is 679. The summed E-state index contributed by atoms with van der Waals surface area (Å²) in [6, 6.07) is 8.23. The summed E-state index contributed by atoms with van der Waals surface area (Å²) < 4.78 is 7.85. The van der Waals surface area contributed by atoms with Crippen molar-refractivity contribution < 1.29 is 4.74 Å². The van der Waals surface area contributed by atoms with Gasteiger partial charge in [-0.15, -0.1) is 24.0 Å². The van der Waals surface area contributed by atoms with Gasteiger partial charge in [-0.2, -0.15) is 0 Å². The lowest BCUT2D eigenvalue weighted by molar-refractivity contribution is 0.114. The highest BCUT2D eigenvalue weighted by atomic mass is 127. The normalized spacial score (nSPS) is 17.8. The molecule has 2 heterocycles. The second kappa shape index (κ2) is 9.22. The summed E-state index contributed by atoms with van der Waals surface area (Å²) >= 11 is 0. The molecule has 0 amide bonds. The van der Waals surface area contributed by atoms with Crippen LogP contribution in [0.4, 0.5) is 0 Å². The molecule has 132 valence electrons. The molecule has 2 N–H and O–H groups in total. The van der Waals surface area contributed by atoms with Crippen molar-refractivity contribution in [2.75, 3.05) is 26.7 Å². The van der Waals surface area contributed by atoms with Crippen molar-refractivity contribution >= 4 is 41.0 Å². The number of guanidine groups is 1. The Morgan fingerprint density at radius 2 is 2.21 bits per heavy atom. The largest absolute Gasteiger partial charge is 0.376 e. The smallest absolute Gasteiger partial charge is 0.191 e. The maximum atomic E-state index is 5.62. The molecule has 0 bridgehead atoms. The first-order valence-electron chi connectivity index (χ1n) is 8.26. The number of nitrogens with one attached hydrogen (secondary N) is 2. The zero-order valence-electron chi connectivity index (χ0n) is 14.3. The van der Waals surface area contributed by atoms with E-state index in [9.17, 15) is 0 Å². The van der Waals surface area contributed by atoms with E-state index in [1.807, 2.05) is 19.1 Å². The summed E-state index contributed by atoms with van der Waals surface area (Å²) in [6.07, 6.45) is 2.60. The molecule has 1 atom stereocenters. The highest BCUT2D eigenvalue weighted by molar-refractivity contribution is 14.0. The second-order valence-corrected chi connectivity index (χ2v) is 5.81. The molecule has 24 heavy (non-hydrogen) atoms. The van der Waals surface area contributed by atoms with E-state index in [2.05, 4.69) is 37.3 Å². The third-order valence-electron chi connectivity index (χ3n) is 4.22. The van der Waals surface area contributed by atoms with E-state index in [0.29, 0.717) is 6.10 Å². The van der Waals surface area contributed by atoms with Crippen molar-refractivity contribution in [2.45, 2.75) is 32.4 Å². The quantitative estimate of drug-likeness (QED) is 0.423. The number of aryl methyl sites for hydroxylation is 1. The zero-order chi connectivity index (χ0) is 16.1. The average Bonchev–Trinajstić information content (AvgIpc) is 3.18. The molecule has 0 spiro atoms. The van der Waals surface area contributed by atoms with E-state index in [0.717, 1.165) is 56.4 Å². The lowest BCUT2D eigenvalue weighted by Gasteiger charge is -2.15. The Kier molecular flexibility index (Phi) is 7.29. The summed E-state index contributed by atoms with van der Waals surface area (Å²) in [5, 5.41) is 6.69. The van der Waals surface area contributed by atoms with Gasteiger partial charge in [-0.05, 0) is 31.9 Å². The predicted molar refractivity (Wildman–Crippen MR) is 108 cm³/mol. The van der Waals surface area contributed by atoms with Crippen molar-refractivity contribution in [3.05, 3.63) is 30.1 Å². The van der Waals surface area contributed by atoms with Crippen LogP contribution in [0.3, 0.4) is 0 Å². The van der Waals surface area contributed by atoms with E-state index >= 15 is 0 Å². The van der Waals surface area contributed by atoms with Gasteiger partial charge in [0.05, 0.1) is 17.1 Å². The minimum Gasteiger partial charge on any atom is -0.376 e. The summed E-state index contributed by atoms with van der Waals surface area (Å²) in [6.45, 7) is 5.39. The van der Waals surface area contributed by atoms with Crippen LogP contribution < -0.4 is 10.6 Å². The van der Waals surface area contributed by atoms with E-state index in [4.69, 9.17) is 4.74 Å². The van der Waals surface area contributed by atoms with Gasteiger partial charge in [-0.25, -0.2) is 4.98 Å². The number of hydrogen-bond acceptors (Lipinski definition) is 3. The maximum absolute atomic E-state index is 5.62. The van der Waals surface area contributed by atoms with Gasteiger partial charge in [0.25, 0.3) is 0 Å². The van der Waals surface area contributed by atoms with Crippen LogP contribution in [-0.2, 0) is 11.3 Å². The third-order valence-corrected chi connectivity index (χ3v) is 4.22. The van der Waals surface area contributed by atoms with E-state index < -0.39 is 0 Å². The van der Waals surface area contributed by atoms with Crippen molar-refractivity contribution in [1.29, 1.82) is 0 Å². The lowest BCUT2D eigenvalue weighted by Crippen LogP contribution is -2.42. The Morgan fingerprint density at radius 3 is 2.96 bits per heavy atom. The zero-order valence-corrected chi connectivity index (χ0v) is 16.6. The van der Waals surface area contributed by atoms with Crippen molar-refractivity contribution in [3.63, 3.8) is 0 Å².